The van der Waals surface area contributed by atoms with Crippen LogP contribution in [0.3, 0.4) is 0 Å². The monoisotopic (exact) mass is 290 g/mol. The standard InChI is InChI=1S/C14H18N4O3/c1-10-16-13(21-17-10)9-18-6-2-5-12(18)14(19)15-8-11-4-3-7-20-11/h3-4,7,12H,2,5-6,8-9H2,1H3,(H,15,19)/t12-/m1/s1. The SMILES string of the molecule is Cc1noc(CN2CCC[C@@H]2C(=O)NCc2ccco2)n1. The molecule has 3 heterocycles. The van der Waals surface area contributed by atoms with Gasteiger partial charge in [0.05, 0.1) is 25.4 Å². The summed E-state index contributed by atoms with van der Waals surface area (Å²) >= 11 is 0. The van der Waals surface area contributed by atoms with Gasteiger partial charge in [0.1, 0.15) is 5.76 Å². The average Bonchev–Trinajstić information content (AvgIpc) is 3.19. The highest BCUT2D eigenvalue weighted by Gasteiger charge is 2.31. The Balaban J connectivity index is 1.56. The first kappa shape index (κ1) is 13.8. The molecule has 2 aromatic rings. The Morgan fingerprint density at radius 1 is 1.57 bits per heavy atom. The van der Waals surface area contributed by atoms with Crippen molar-refractivity contribution in [1.29, 1.82) is 0 Å². The molecule has 112 valence electrons. The Hall–Kier alpha value is -2.15. The zero-order valence-corrected chi connectivity index (χ0v) is 11.9. The molecule has 0 bridgehead atoms. The van der Waals surface area contributed by atoms with Crippen LogP contribution in [0.25, 0.3) is 0 Å². The molecule has 1 amide bonds. The number of amides is 1. The van der Waals surface area contributed by atoms with Crippen LogP contribution in [-0.2, 0) is 17.9 Å². The summed E-state index contributed by atoms with van der Waals surface area (Å²) < 4.78 is 10.3. The molecular weight excluding hydrogens is 272 g/mol. The van der Waals surface area contributed by atoms with E-state index in [-0.39, 0.29) is 11.9 Å². The van der Waals surface area contributed by atoms with Crippen LogP contribution in [-0.4, -0.2) is 33.5 Å². The van der Waals surface area contributed by atoms with E-state index in [9.17, 15) is 4.79 Å². The summed E-state index contributed by atoms with van der Waals surface area (Å²) in [6, 6.07) is 3.50. The molecule has 0 aliphatic carbocycles. The fourth-order valence-corrected chi connectivity index (χ4v) is 2.60. The lowest BCUT2D eigenvalue weighted by molar-refractivity contribution is -0.126. The van der Waals surface area contributed by atoms with Gasteiger partial charge in [-0.15, -0.1) is 0 Å². The maximum atomic E-state index is 12.3. The van der Waals surface area contributed by atoms with Crippen molar-refractivity contribution in [3.05, 3.63) is 35.9 Å². The molecule has 0 saturated carbocycles. The molecule has 3 rings (SSSR count). The molecule has 1 aliphatic rings. The predicted molar refractivity (Wildman–Crippen MR) is 73.0 cm³/mol. The summed E-state index contributed by atoms with van der Waals surface area (Å²) in [4.78, 5) is 18.5. The molecule has 21 heavy (non-hydrogen) atoms. The second kappa shape index (κ2) is 6.09. The van der Waals surface area contributed by atoms with E-state index in [2.05, 4.69) is 20.4 Å². The summed E-state index contributed by atoms with van der Waals surface area (Å²) in [7, 11) is 0. The molecule has 1 aliphatic heterocycles. The number of nitrogens with zero attached hydrogens (tertiary/aromatic N) is 3. The highest BCUT2D eigenvalue weighted by atomic mass is 16.5. The molecule has 1 N–H and O–H groups in total. The Morgan fingerprint density at radius 3 is 3.19 bits per heavy atom. The first-order chi connectivity index (χ1) is 10.2. The smallest absolute Gasteiger partial charge is 0.240 e. The van der Waals surface area contributed by atoms with Gasteiger partial charge in [-0.25, -0.2) is 0 Å². The van der Waals surface area contributed by atoms with Crippen molar-refractivity contribution < 1.29 is 13.7 Å². The third-order valence-electron chi connectivity index (χ3n) is 3.59. The van der Waals surface area contributed by atoms with Crippen LogP contribution in [0.1, 0.15) is 30.3 Å². The minimum atomic E-state index is -0.146. The molecule has 0 radical (unpaired) electrons. The Kier molecular flexibility index (Phi) is 4.01. The Morgan fingerprint density at radius 2 is 2.48 bits per heavy atom. The van der Waals surface area contributed by atoms with Crippen molar-refractivity contribution in [3.63, 3.8) is 0 Å². The highest BCUT2D eigenvalue weighted by molar-refractivity contribution is 5.81. The van der Waals surface area contributed by atoms with Gasteiger partial charge in [0.2, 0.25) is 11.8 Å². The van der Waals surface area contributed by atoms with Crippen LogP contribution < -0.4 is 5.32 Å². The van der Waals surface area contributed by atoms with E-state index in [4.69, 9.17) is 8.94 Å². The number of carbonyl (C=O) groups excluding carboxylic acids is 1. The minimum Gasteiger partial charge on any atom is -0.467 e. The van der Waals surface area contributed by atoms with Crippen LogP contribution in [0.2, 0.25) is 0 Å². The van der Waals surface area contributed by atoms with Crippen LogP contribution in [0.15, 0.2) is 27.3 Å². The van der Waals surface area contributed by atoms with Crippen LogP contribution in [0.5, 0.6) is 0 Å². The largest absolute Gasteiger partial charge is 0.467 e. The van der Waals surface area contributed by atoms with Gasteiger partial charge in [-0.3, -0.25) is 9.69 Å². The van der Waals surface area contributed by atoms with Crippen molar-refractivity contribution in [1.82, 2.24) is 20.4 Å². The summed E-state index contributed by atoms with van der Waals surface area (Å²) in [6.07, 6.45) is 3.43. The van der Waals surface area contributed by atoms with Gasteiger partial charge >= 0.3 is 0 Å². The third-order valence-corrected chi connectivity index (χ3v) is 3.59. The van der Waals surface area contributed by atoms with E-state index in [0.717, 1.165) is 25.1 Å². The van der Waals surface area contributed by atoms with Crippen LogP contribution in [0, 0.1) is 6.92 Å². The predicted octanol–water partition coefficient (Wildman–Crippen LogP) is 1.25. The molecule has 1 atom stereocenters. The molecule has 2 aromatic heterocycles. The number of furan rings is 1. The van der Waals surface area contributed by atoms with E-state index < -0.39 is 0 Å². The van der Waals surface area contributed by atoms with Crippen molar-refractivity contribution in [2.45, 2.75) is 38.9 Å². The Bertz CT molecular complexity index is 593. The summed E-state index contributed by atoms with van der Waals surface area (Å²) in [5, 5.41) is 6.68. The number of likely N-dealkylation sites (tertiary alicyclic amines) is 1. The number of carbonyl (C=O) groups is 1. The van der Waals surface area contributed by atoms with Gasteiger partial charge in [-0.1, -0.05) is 5.16 Å². The van der Waals surface area contributed by atoms with Crippen LogP contribution >= 0.6 is 0 Å². The average molecular weight is 290 g/mol. The van der Waals surface area contributed by atoms with Crippen molar-refractivity contribution in [2.75, 3.05) is 6.54 Å². The van der Waals surface area contributed by atoms with Gasteiger partial charge in [0.15, 0.2) is 5.82 Å². The fraction of sp³-hybridized carbons (Fsp3) is 0.500. The molecule has 7 heteroatoms. The first-order valence-corrected chi connectivity index (χ1v) is 7.06. The zero-order chi connectivity index (χ0) is 14.7. The second-order valence-corrected chi connectivity index (χ2v) is 5.16. The first-order valence-electron chi connectivity index (χ1n) is 7.06. The fourth-order valence-electron chi connectivity index (χ4n) is 2.60. The van der Waals surface area contributed by atoms with Gasteiger partial charge in [-0.05, 0) is 38.4 Å². The van der Waals surface area contributed by atoms with Crippen molar-refractivity contribution in [2.24, 2.45) is 0 Å². The number of aryl methyl sites for hydroxylation is 1. The van der Waals surface area contributed by atoms with Crippen molar-refractivity contribution >= 4 is 5.91 Å². The second-order valence-electron chi connectivity index (χ2n) is 5.16. The van der Waals surface area contributed by atoms with E-state index in [1.54, 1.807) is 19.3 Å². The van der Waals surface area contributed by atoms with Gasteiger partial charge in [-0.2, -0.15) is 4.98 Å². The van der Waals surface area contributed by atoms with E-state index in [0.29, 0.717) is 24.8 Å². The third kappa shape index (κ3) is 3.30. The summed E-state index contributed by atoms with van der Waals surface area (Å²) in [6.45, 7) is 3.57. The van der Waals surface area contributed by atoms with Gasteiger partial charge < -0.3 is 14.3 Å². The molecule has 1 fully saturated rings. The van der Waals surface area contributed by atoms with Gasteiger partial charge in [0.25, 0.3) is 0 Å². The summed E-state index contributed by atoms with van der Waals surface area (Å²) in [5.74, 6) is 1.93. The van der Waals surface area contributed by atoms with Crippen molar-refractivity contribution in [3.8, 4) is 0 Å². The number of rotatable bonds is 5. The Labute approximate surface area is 122 Å². The molecule has 0 unspecified atom stereocenters. The topological polar surface area (TPSA) is 84.4 Å². The zero-order valence-electron chi connectivity index (χ0n) is 11.9. The lowest BCUT2D eigenvalue weighted by Gasteiger charge is -2.21. The molecule has 0 aromatic carbocycles. The lowest BCUT2D eigenvalue weighted by atomic mass is 10.2. The quantitative estimate of drug-likeness (QED) is 0.892. The molecule has 0 spiro atoms. The van der Waals surface area contributed by atoms with E-state index in [1.165, 1.54) is 0 Å². The number of aromatic nitrogens is 2. The number of nitrogens with one attached hydrogen (secondary N) is 1. The van der Waals surface area contributed by atoms with E-state index in [1.807, 2.05) is 6.07 Å². The van der Waals surface area contributed by atoms with E-state index >= 15 is 0 Å². The normalized spacial score (nSPS) is 19.0. The highest BCUT2D eigenvalue weighted by Crippen LogP contribution is 2.19. The number of hydrogen-bond donors (Lipinski definition) is 1. The van der Waals surface area contributed by atoms with Crippen LogP contribution in [0.4, 0.5) is 0 Å². The lowest BCUT2D eigenvalue weighted by Crippen LogP contribution is -2.42. The summed E-state index contributed by atoms with van der Waals surface area (Å²) in [5.41, 5.74) is 0. The molecule has 1 saturated heterocycles. The minimum absolute atomic E-state index is 0.0140. The maximum absolute atomic E-state index is 12.3. The maximum Gasteiger partial charge on any atom is 0.240 e. The van der Waals surface area contributed by atoms with Gasteiger partial charge in [0, 0.05) is 0 Å². The number of hydrogen-bond acceptors (Lipinski definition) is 6. The molecule has 7 nitrogen and oxygen atoms in total. The molecular formula is C14H18N4O3.